The first-order valence-corrected chi connectivity index (χ1v) is 6.48. The molecule has 0 aromatic heterocycles. The number of methoxy groups -OCH3 is 1. The summed E-state index contributed by atoms with van der Waals surface area (Å²) in [7, 11) is 1.34. The Labute approximate surface area is 117 Å². The molecule has 0 radical (unpaired) electrons. The molecule has 0 spiro atoms. The summed E-state index contributed by atoms with van der Waals surface area (Å²) in [5.74, 6) is -0.913. The highest BCUT2D eigenvalue weighted by Gasteiger charge is 2.25. The second kappa shape index (κ2) is 6.38. The van der Waals surface area contributed by atoms with Gasteiger partial charge in [-0.3, -0.25) is 4.90 Å². The Bertz CT molecular complexity index is 504. The average Bonchev–Trinajstić information content (AvgIpc) is 2.86. The Morgan fingerprint density at radius 3 is 2.90 bits per heavy atom. The molecule has 108 valence electrons. The minimum absolute atomic E-state index is 0.0550. The third-order valence-electron chi connectivity index (χ3n) is 3.42. The molecule has 1 saturated heterocycles. The minimum Gasteiger partial charge on any atom is -0.478 e. The Morgan fingerprint density at radius 2 is 2.20 bits per heavy atom. The molecule has 1 fully saturated rings. The van der Waals surface area contributed by atoms with E-state index < -0.39 is 12.1 Å². The van der Waals surface area contributed by atoms with Gasteiger partial charge < -0.3 is 15.2 Å². The maximum absolute atomic E-state index is 11.2. The average molecular weight is 278 g/mol. The number of hydrogen-bond acceptors (Lipinski definition) is 4. The Balaban J connectivity index is 1.95. The summed E-state index contributed by atoms with van der Waals surface area (Å²) < 4.78 is 4.57. The first-order valence-electron chi connectivity index (χ1n) is 6.48. The Morgan fingerprint density at radius 1 is 1.45 bits per heavy atom. The van der Waals surface area contributed by atoms with E-state index in [-0.39, 0.29) is 6.04 Å². The van der Waals surface area contributed by atoms with Gasteiger partial charge in [0, 0.05) is 25.7 Å². The molecule has 0 saturated carbocycles. The molecule has 1 aromatic carbocycles. The van der Waals surface area contributed by atoms with Crippen LogP contribution in [0.2, 0.25) is 0 Å². The van der Waals surface area contributed by atoms with Gasteiger partial charge in [0.2, 0.25) is 0 Å². The first kappa shape index (κ1) is 14.3. The zero-order valence-corrected chi connectivity index (χ0v) is 11.3. The van der Waals surface area contributed by atoms with E-state index >= 15 is 0 Å². The smallest absolute Gasteiger partial charge is 0.407 e. The van der Waals surface area contributed by atoms with E-state index in [0.29, 0.717) is 18.7 Å². The van der Waals surface area contributed by atoms with E-state index in [1.54, 1.807) is 12.1 Å². The lowest BCUT2D eigenvalue weighted by molar-refractivity contribution is 0.0694. The molecule has 1 amide bonds. The predicted molar refractivity (Wildman–Crippen MR) is 72.6 cm³/mol. The molecule has 2 rings (SSSR count). The van der Waals surface area contributed by atoms with Crippen molar-refractivity contribution in [2.24, 2.45) is 0 Å². The molecule has 6 heteroatoms. The Kier molecular flexibility index (Phi) is 4.57. The maximum Gasteiger partial charge on any atom is 0.407 e. The summed E-state index contributed by atoms with van der Waals surface area (Å²) in [6.45, 7) is 2.09. The van der Waals surface area contributed by atoms with Gasteiger partial charge in [0.05, 0.1) is 12.7 Å². The minimum atomic E-state index is -0.913. The number of ether oxygens (including phenoxy) is 1. The largest absolute Gasteiger partial charge is 0.478 e. The van der Waals surface area contributed by atoms with Crippen LogP contribution in [0.25, 0.3) is 0 Å². The highest BCUT2D eigenvalue weighted by atomic mass is 16.5. The van der Waals surface area contributed by atoms with Crippen LogP contribution in [-0.2, 0) is 11.3 Å². The van der Waals surface area contributed by atoms with Gasteiger partial charge in [-0.05, 0) is 18.1 Å². The van der Waals surface area contributed by atoms with Crippen LogP contribution < -0.4 is 5.32 Å². The summed E-state index contributed by atoms with van der Waals surface area (Å²) in [5, 5.41) is 11.9. The molecule has 1 unspecified atom stereocenters. The van der Waals surface area contributed by atoms with Crippen molar-refractivity contribution >= 4 is 12.1 Å². The Hall–Kier alpha value is -2.08. The van der Waals surface area contributed by atoms with Crippen LogP contribution in [-0.4, -0.2) is 48.3 Å². The molecule has 20 heavy (non-hydrogen) atoms. The van der Waals surface area contributed by atoms with Crippen LogP contribution in [0.4, 0.5) is 4.79 Å². The molecule has 1 aliphatic heterocycles. The van der Waals surface area contributed by atoms with Crippen LogP contribution in [0.1, 0.15) is 22.3 Å². The van der Waals surface area contributed by atoms with E-state index in [4.69, 9.17) is 5.11 Å². The molecule has 1 atom stereocenters. The third kappa shape index (κ3) is 3.48. The van der Waals surface area contributed by atoms with E-state index in [1.807, 2.05) is 12.1 Å². The number of benzene rings is 1. The topological polar surface area (TPSA) is 78.9 Å². The summed E-state index contributed by atoms with van der Waals surface area (Å²) in [6, 6.07) is 7.04. The standard InChI is InChI=1S/C14H18N2O4/c1-20-14(19)15-11-6-7-16(9-11)8-10-4-2-3-5-12(10)13(17)18/h2-5,11H,6-9H2,1H3,(H,15,19)(H,17,18). The van der Waals surface area contributed by atoms with Gasteiger partial charge in [-0.25, -0.2) is 9.59 Å². The van der Waals surface area contributed by atoms with Gasteiger partial charge in [-0.1, -0.05) is 18.2 Å². The lowest BCUT2D eigenvalue weighted by Gasteiger charge is -2.17. The van der Waals surface area contributed by atoms with Gasteiger partial charge in [0.15, 0.2) is 0 Å². The number of carboxylic acids is 1. The second-order valence-electron chi connectivity index (χ2n) is 4.82. The second-order valence-corrected chi connectivity index (χ2v) is 4.82. The monoisotopic (exact) mass is 278 g/mol. The fourth-order valence-corrected chi connectivity index (χ4v) is 2.43. The van der Waals surface area contributed by atoms with E-state index in [0.717, 1.165) is 18.5 Å². The van der Waals surface area contributed by atoms with E-state index in [9.17, 15) is 9.59 Å². The lowest BCUT2D eigenvalue weighted by atomic mass is 10.1. The fourth-order valence-electron chi connectivity index (χ4n) is 2.43. The van der Waals surface area contributed by atoms with Crippen molar-refractivity contribution in [3.63, 3.8) is 0 Å². The number of amides is 1. The van der Waals surface area contributed by atoms with Gasteiger partial charge in [-0.15, -0.1) is 0 Å². The summed E-state index contributed by atoms with van der Waals surface area (Å²) in [6.07, 6.45) is 0.410. The van der Waals surface area contributed by atoms with Crippen LogP contribution in [0.3, 0.4) is 0 Å². The number of nitrogens with one attached hydrogen (secondary N) is 1. The molecule has 6 nitrogen and oxygen atoms in total. The molecule has 0 aliphatic carbocycles. The highest BCUT2D eigenvalue weighted by Crippen LogP contribution is 2.16. The van der Waals surface area contributed by atoms with Gasteiger partial charge in [-0.2, -0.15) is 0 Å². The van der Waals surface area contributed by atoms with Crippen LogP contribution in [0.5, 0.6) is 0 Å². The zero-order valence-electron chi connectivity index (χ0n) is 11.3. The fraction of sp³-hybridized carbons (Fsp3) is 0.429. The number of aromatic carboxylic acids is 1. The van der Waals surface area contributed by atoms with Crippen molar-refractivity contribution in [1.29, 1.82) is 0 Å². The molecular weight excluding hydrogens is 260 g/mol. The zero-order chi connectivity index (χ0) is 14.5. The maximum atomic E-state index is 11.2. The molecule has 1 heterocycles. The molecule has 1 aromatic rings. The first-order chi connectivity index (χ1) is 9.60. The quantitative estimate of drug-likeness (QED) is 0.868. The van der Waals surface area contributed by atoms with Crippen molar-refractivity contribution in [1.82, 2.24) is 10.2 Å². The number of nitrogens with zero attached hydrogens (tertiary/aromatic N) is 1. The molecule has 1 aliphatic rings. The highest BCUT2D eigenvalue weighted by molar-refractivity contribution is 5.89. The third-order valence-corrected chi connectivity index (χ3v) is 3.42. The molecule has 0 bridgehead atoms. The number of hydrogen-bond donors (Lipinski definition) is 2. The molecule has 2 N–H and O–H groups in total. The SMILES string of the molecule is COC(=O)NC1CCN(Cc2ccccc2C(=O)O)C1. The van der Waals surface area contributed by atoms with E-state index in [2.05, 4.69) is 15.0 Å². The van der Waals surface area contributed by atoms with Crippen molar-refractivity contribution < 1.29 is 19.4 Å². The normalized spacial score (nSPS) is 18.8. The number of carbonyl (C=O) groups excluding carboxylic acids is 1. The number of rotatable bonds is 4. The number of alkyl carbamates (subject to hydrolysis) is 1. The lowest BCUT2D eigenvalue weighted by Crippen LogP contribution is -2.36. The number of carbonyl (C=O) groups is 2. The summed E-state index contributed by atoms with van der Waals surface area (Å²) >= 11 is 0. The van der Waals surface area contributed by atoms with Gasteiger partial charge in [0.25, 0.3) is 0 Å². The van der Waals surface area contributed by atoms with Crippen molar-refractivity contribution in [2.45, 2.75) is 19.0 Å². The van der Waals surface area contributed by atoms with Crippen molar-refractivity contribution in [2.75, 3.05) is 20.2 Å². The van der Waals surface area contributed by atoms with Crippen molar-refractivity contribution in [3.8, 4) is 0 Å². The van der Waals surface area contributed by atoms with Crippen LogP contribution in [0, 0.1) is 0 Å². The van der Waals surface area contributed by atoms with Gasteiger partial charge >= 0.3 is 12.1 Å². The number of carboxylic acid groups (broad SMARTS) is 1. The molecular formula is C14H18N2O4. The van der Waals surface area contributed by atoms with E-state index in [1.165, 1.54) is 7.11 Å². The van der Waals surface area contributed by atoms with Gasteiger partial charge in [0.1, 0.15) is 0 Å². The predicted octanol–water partition coefficient (Wildman–Crippen LogP) is 1.32. The summed E-state index contributed by atoms with van der Waals surface area (Å²) in [4.78, 5) is 24.4. The number of likely N-dealkylation sites (tertiary alicyclic amines) is 1. The van der Waals surface area contributed by atoms with Crippen LogP contribution in [0.15, 0.2) is 24.3 Å². The van der Waals surface area contributed by atoms with Crippen molar-refractivity contribution in [3.05, 3.63) is 35.4 Å². The van der Waals surface area contributed by atoms with Crippen LogP contribution >= 0.6 is 0 Å². The summed E-state index contributed by atoms with van der Waals surface area (Å²) in [5.41, 5.74) is 1.12.